The number of hydrogen-bond donors (Lipinski definition) is 1. The molecule has 110 valence electrons. The van der Waals surface area contributed by atoms with Crippen LogP contribution in [0.15, 0.2) is 18.2 Å². The summed E-state index contributed by atoms with van der Waals surface area (Å²) in [5.74, 6) is -2.50. The van der Waals surface area contributed by atoms with Crippen LogP contribution in [0.25, 0.3) is 0 Å². The predicted octanol–water partition coefficient (Wildman–Crippen LogP) is 2.75. The number of benzene rings is 1. The smallest absolute Gasteiger partial charge is 0.419 e. The van der Waals surface area contributed by atoms with Gasteiger partial charge in [-0.15, -0.1) is 0 Å². The molecule has 1 aromatic carbocycles. The molecule has 0 aliphatic carbocycles. The molecule has 1 aliphatic rings. The van der Waals surface area contributed by atoms with Gasteiger partial charge >= 0.3 is 12.1 Å². The van der Waals surface area contributed by atoms with Crippen LogP contribution >= 0.6 is 0 Å². The molecule has 2 rings (SSSR count). The van der Waals surface area contributed by atoms with E-state index in [9.17, 15) is 22.4 Å². The first-order chi connectivity index (χ1) is 9.38. The molecular formula is C13H13F4NO2. The third-order valence-electron chi connectivity index (χ3n) is 3.14. The Hall–Kier alpha value is -1.63. The Morgan fingerprint density at radius 1 is 1.25 bits per heavy atom. The van der Waals surface area contributed by atoms with E-state index >= 15 is 0 Å². The number of ether oxygens (including phenoxy) is 1. The van der Waals surface area contributed by atoms with Crippen molar-refractivity contribution in [3.63, 3.8) is 0 Å². The molecule has 3 nitrogen and oxygen atoms in total. The van der Waals surface area contributed by atoms with Gasteiger partial charge in [-0.05, 0) is 38.1 Å². The first-order valence-electron chi connectivity index (χ1n) is 6.17. The maximum absolute atomic E-state index is 13.3. The zero-order valence-electron chi connectivity index (χ0n) is 10.5. The molecule has 1 heterocycles. The molecule has 0 saturated carbocycles. The monoisotopic (exact) mass is 291 g/mol. The van der Waals surface area contributed by atoms with E-state index in [1.165, 1.54) is 0 Å². The lowest BCUT2D eigenvalue weighted by Gasteiger charge is -2.21. The van der Waals surface area contributed by atoms with Crippen LogP contribution in [-0.2, 0) is 11.0 Å². The molecule has 1 saturated heterocycles. The van der Waals surface area contributed by atoms with Gasteiger partial charge in [0.1, 0.15) is 11.6 Å². The highest BCUT2D eigenvalue weighted by Crippen LogP contribution is 2.33. The number of rotatable bonds is 2. The summed E-state index contributed by atoms with van der Waals surface area (Å²) in [4.78, 5) is 11.8. The van der Waals surface area contributed by atoms with Gasteiger partial charge in [-0.3, -0.25) is 4.79 Å². The summed E-state index contributed by atoms with van der Waals surface area (Å²) in [6, 6.07) is 2.10. The molecule has 1 N–H and O–H groups in total. The topological polar surface area (TPSA) is 38.3 Å². The van der Waals surface area contributed by atoms with Gasteiger partial charge < -0.3 is 10.1 Å². The number of carbonyl (C=O) groups is 1. The predicted molar refractivity (Wildman–Crippen MR) is 62.6 cm³/mol. The zero-order chi connectivity index (χ0) is 14.8. The van der Waals surface area contributed by atoms with E-state index in [1.807, 2.05) is 0 Å². The van der Waals surface area contributed by atoms with E-state index < -0.39 is 23.5 Å². The van der Waals surface area contributed by atoms with Gasteiger partial charge in [0.05, 0.1) is 11.5 Å². The molecule has 1 aromatic rings. The highest BCUT2D eigenvalue weighted by atomic mass is 19.4. The van der Waals surface area contributed by atoms with Crippen LogP contribution in [0, 0.1) is 11.7 Å². The van der Waals surface area contributed by atoms with Crippen LogP contribution in [0.2, 0.25) is 0 Å². The number of hydrogen-bond acceptors (Lipinski definition) is 3. The number of esters is 1. The second-order valence-corrected chi connectivity index (χ2v) is 4.58. The molecule has 0 bridgehead atoms. The van der Waals surface area contributed by atoms with Gasteiger partial charge in [-0.1, -0.05) is 0 Å². The minimum absolute atomic E-state index is 0.209. The van der Waals surface area contributed by atoms with E-state index in [-0.39, 0.29) is 11.7 Å². The maximum Gasteiger partial charge on any atom is 0.419 e. The lowest BCUT2D eigenvalue weighted by Crippen LogP contribution is -2.33. The summed E-state index contributed by atoms with van der Waals surface area (Å²) < 4.78 is 55.4. The SMILES string of the molecule is O=C(Oc1ccc(C(F)(F)F)c(F)c1)C1CCNCC1. The van der Waals surface area contributed by atoms with Crippen molar-refractivity contribution in [2.24, 2.45) is 5.92 Å². The maximum atomic E-state index is 13.3. The molecule has 0 atom stereocenters. The van der Waals surface area contributed by atoms with E-state index in [0.717, 1.165) is 6.07 Å². The van der Waals surface area contributed by atoms with Crippen molar-refractivity contribution < 1.29 is 27.1 Å². The zero-order valence-corrected chi connectivity index (χ0v) is 10.5. The highest BCUT2D eigenvalue weighted by Gasteiger charge is 2.34. The van der Waals surface area contributed by atoms with Gasteiger partial charge in [-0.2, -0.15) is 13.2 Å². The third-order valence-corrected chi connectivity index (χ3v) is 3.14. The summed E-state index contributed by atoms with van der Waals surface area (Å²) >= 11 is 0. The number of carbonyl (C=O) groups excluding carboxylic acids is 1. The molecular weight excluding hydrogens is 278 g/mol. The normalized spacial score (nSPS) is 17.0. The van der Waals surface area contributed by atoms with Crippen molar-refractivity contribution in [1.29, 1.82) is 0 Å². The first-order valence-corrected chi connectivity index (χ1v) is 6.17. The summed E-state index contributed by atoms with van der Waals surface area (Å²) in [6.45, 7) is 1.36. The largest absolute Gasteiger partial charge is 0.426 e. The standard InChI is InChI=1S/C13H13F4NO2/c14-11-7-9(1-2-10(11)13(15,16)17)20-12(19)8-3-5-18-6-4-8/h1-2,7-8,18H,3-6H2. The second kappa shape index (κ2) is 5.78. The second-order valence-electron chi connectivity index (χ2n) is 4.58. The lowest BCUT2D eigenvalue weighted by molar-refractivity contribution is -0.140. The Balaban J connectivity index is 2.06. The van der Waals surface area contributed by atoms with E-state index in [0.29, 0.717) is 38.1 Å². The van der Waals surface area contributed by atoms with Crippen molar-refractivity contribution in [2.45, 2.75) is 19.0 Å². The number of alkyl halides is 3. The summed E-state index contributed by atoms with van der Waals surface area (Å²) in [5.41, 5.74) is -1.38. The van der Waals surface area contributed by atoms with Gasteiger partial charge in [-0.25, -0.2) is 4.39 Å². The van der Waals surface area contributed by atoms with Crippen LogP contribution in [0.3, 0.4) is 0 Å². The van der Waals surface area contributed by atoms with Crippen molar-refractivity contribution in [2.75, 3.05) is 13.1 Å². The molecule has 0 spiro atoms. The molecule has 1 fully saturated rings. The minimum atomic E-state index is -4.76. The van der Waals surface area contributed by atoms with Crippen LogP contribution in [-0.4, -0.2) is 19.1 Å². The molecule has 0 radical (unpaired) electrons. The average molecular weight is 291 g/mol. The van der Waals surface area contributed by atoms with Crippen molar-refractivity contribution >= 4 is 5.97 Å². The Kier molecular flexibility index (Phi) is 4.27. The average Bonchev–Trinajstić information content (AvgIpc) is 2.38. The Morgan fingerprint density at radius 3 is 2.45 bits per heavy atom. The summed E-state index contributed by atoms with van der Waals surface area (Å²) in [6.07, 6.45) is -3.56. The molecule has 0 amide bonds. The number of halogens is 4. The molecule has 1 aliphatic heterocycles. The summed E-state index contributed by atoms with van der Waals surface area (Å²) in [5, 5.41) is 3.07. The number of nitrogens with one attached hydrogen (secondary N) is 1. The van der Waals surface area contributed by atoms with Crippen molar-refractivity contribution in [3.05, 3.63) is 29.6 Å². The highest BCUT2D eigenvalue weighted by molar-refractivity contribution is 5.75. The van der Waals surface area contributed by atoms with Gasteiger partial charge in [0.15, 0.2) is 0 Å². The van der Waals surface area contributed by atoms with E-state index in [2.05, 4.69) is 5.32 Å². The Labute approximate surface area is 112 Å². The fraction of sp³-hybridized carbons (Fsp3) is 0.462. The molecule has 20 heavy (non-hydrogen) atoms. The number of piperidine rings is 1. The van der Waals surface area contributed by atoms with Gasteiger partial charge in [0.2, 0.25) is 0 Å². The van der Waals surface area contributed by atoms with Crippen molar-refractivity contribution in [1.82, 2.24) is 5.32 Å². The molecule has 0 unspecified atom stereocenters. The van der Waals surface area contributed by atoms with E-state index in [4.69, 9.17) is 4.74 Å². The molecule has 7 heteroatoms. The van der Waals surface area contributed by atoms with E-state index in [1.54, 1.807) is 0 Å². The third kappa shape index (κ3) is 3.47. The van der Waals surface area contributed by atoms with Crippen LogP contribution in [0.1, 0.15) is 18.4 Å². The first kappa shape index (κ1) is 14.8. The van der Waals surface area contributed by atoms with Crippen LogP contribution < -0.4 is 10.1 Å². The van der Waals surface area contributed by atoms with Gasteiger partial charge in [0, 0.05) is 6.07 Å². The Bertz CT molecular complexity index is 496. The van der Waals surface area contributed by atoms with Crippen LogP contribution in [0.4, 0.5) is 17.6 Å². The van der Waals surface area contributed by atoms with Gasteiger partial charge in [0.25, 0.3) is 0 Å². The van der Waals surface area contributed by atoms with Crippen molar-refractivity contribution in [3.8, 4) is 5.75 Å². The fourth-order valence-corrected chi connectivity index (χ4v) is 2.05. The summed E-state index contributed by atoms with van der Waals surface area (Å²) in [7, 11) is 0. The van der Waals surface area contributed by atoms with Crippen LogP contribution in [0.5, 0.6) is 5.75 Å². The lowest BCUT2D eigenvalue weighted by atomic mass is 9.98. The quantitative estimate of drug-likeness (QED) is 0.517. The molecule has 0 aromatic heterocycles. The Morgan fingerprint density at radius 2 is 1.90 bits per heavy atom. The minimum Gasteiger partial charge on any atom is -0.426 e. The fourth-order valence-electron chi connectivity index (χ4n) is 2.05.